The third kappa shape index (κ3) is 5.81. The predicted molar refractivity (Wildman–Crippen MR) is 107 cm³/mol. The van der Waals surface area contributed by atoms with Crippen LogP contribution in [0.1, 0.15) is 30.3 Å². The third-order valence-electron chi connectivity index (χ3n) is 4.06. The first kappa shape index (κ1) is 19.8. The number of nitrogens with zero attached hydrogens (tertiary/aromatic N) is 4. The van der Waals surface area contributed by atoms with Crippen LogP contribution in [0.25, 0.3) is 11.4 Å². The number of nitrogens with one attached hydrogen (secondary N) is 1. The highest BCUT2D eigenvalue weighted by Crippen LogP contribution is 2.20. The fourth-order valence-electron chi connectivity index (χ4n) is 2.46. The normalized spacial score (nSPS) is 10.8. The Morgan fingerprint density at radius 1 is 1.08 bits per heavy atom. The van der Waals surface area contributed by atoms with E-state index in [1.54, 1.807) is 6.07 Å². The molecule has 1 heterocycles. The number of hydrogen-bond acceptors (Lipinski definition) is 5. The second-order valence-electron chi connectivity index (χ2n) is 6.64. The van der Waals surface area contributed by atoms with Crippen molar-refractivity contribution in [2.45, 2.75) is 19.8 Å². The van der Waals surface area contributed by atoms with Crippen LogP contribution < -0.4 is 10.2 Å². The van der Waals surface area contributed by atoms with E-state index in [0.717, 1.165) is 37.3 Å². The molecule has 0 saturated heterocycles. The lowest BCUT2D eigenvalue weighted by Gasteiger charge is -2.19. The van der Waals surface area contributed by atoms with Crippen molar-refractivity contribution in [1.29, 1.82) is 0 Å². The summed E-state index contributed by atoms with van der Waals surface area (Å²) in [5.74, 6) is 1.17. The fourth-order valence-corrected chi connectivity index (χ4v) is 2.46. The lowest BCUT2D eigenvalue weighted by molar-refractivity contribution is 0.0946. The van der Waals surface area contributed by atoms with Gasteiger partial charge in [-0.2, -0.15) is 0 Å². The van der Waals surface area contributed by atoms with Crippen LogP contribution in [0.3, 0.4) is 0 Å². The van der Waals surface area contributed by atoms with Crippen molar-refractivity contribution < 1.29 is 4.79 Å². The van der Waals surface area contributed by atoms with Crippen LogP contribution in [-0.4, -0.2) is 61.6 Å². The molecule has 0 radical (unpaired) electrons. The van der Waals surface area contributed by atoms with E-state index in [2.05, 4.69) is 27.1 Å². The number of unbranched alkanes of at least 4 members (excludes halogenated alkanes) is 1. The molecule has 0 aliphatic heterocycles. The van der Waals surface area contributed by atoms with Crippen LogP contribution in [0.15, 0.2) is 36.4 Å². The van der Waals surface area contributed by atoms with Crippen LogP contribution in [-0.2, 0) is 0 Å². The number of anilines is 1. The Hall–Kier alpha value is -2.47. The van der Waals surface area contributed by atoms with Crippen LogP contribution in [0.4, 0.5) is 5.82 Å². The van der Waals surface area contributed by atoms with Gasteiger partial charge in [0.25, 0.3) is 5.91 Å². The van der Waals surface area contributed by atoms with Crippen molar-refractivity contribution in [3.05, 3.63) is 42.1 Å². The number of carbonyl (C=O) groups excluding carboxylic acids is 1. The number of likely N-dealkylation sites (N-methyl/N-ethyl adjacent to an activating group) is 1. The molecule has 1 amide bonds. The van der Waals surface area contributed by atoms with E-state index < -0.39 is 0 Å². The Labute approximate surface area is 156 Å². The molecule has 6 heteroatoms. The minimum absolute atomic E-state index is 0.170. The van der Waals surface area contributed by atoms with Crippen molar-refractivity contribution in [1.82, 2.24) is 20.2 Å². The van der Waals surface area contributed by atoms with Gasteiger partial charge in [0, 0.05) is 38.3 Å². The molecular formula is C20H29N5O. The van der Waals surface area contributed by atoms with Gasteiger partial charge < -0.3 is 15.1 Å². The first-order chi connectivity index (χ1) is 12.5. The summed E-state index contributed by atoms with van der Waals surface area (Å²) in [7, 11) is 5.96. The number of hydrogen-bond donors (Lipinski definition) is 1. The summed E-state index contributed by atoms with van der Waals surface area (Å²) < 4.78 is 0. The van der Waals surface area contributed by atoms with Gasteiger partial charge in [-0.3, -0.25) is 4.79 Å². The minimum Gasteiger partial charge on any atom is -0.360 e. The summed E-state index contributed by atoms with van der Waals surface area (Å²) >= 11 is 0. The summed E-state index contributed by atoms with van der Waals surface area (Å²) in [5.41, 5.74) is 1.30. The van der Waals surface area contributed by atoms with Crippen molar-refractivity contribution in [3.8, 4) is 11.4 Å². The Morgan fingerprint density at radius 2 is 1.81 bits per heavy atom. The molecule has 1 N–H and O–H groups in total. The maximum Gasteiger partial charge on any atom is 0.270 e. The molecule has 0 aliphatic carbocycles. The molecule has 140 valence electrons. The summed E-state index contributed by atoms with van der Waals surface area (Å²) in [5, 5.41) is 2.93. The molecule has 1 aromatic heterocycles. The van der Waals surface area contributed by atoms with E-state index in [1.165, 1.54) is 0 Å². The Balaban J connectivity index is 2.29. The summed E-state index contributed by atoms with van der Waals surface area (Å²) in [6, 6.07) is 11.5. The molecule has 0 bridgehead atoms. The van der Waals surface area contributed by atoms with Crippen LogP contribution in [0.2, 0.25) is 0 Å². The zero-order valence-corrected chi connectivity index (χ0v) is 16.2. The van der Waals surface area contributed by atoms with Crippen molar-refractivity contribution in [2.75, 3.05) is 45.7 Å². The molecule has 0 unspecified atom stereocenters. The van der Waals surface area contributed by atoms with Crippen LogP contribution >= 0.6 is 0 Å². The lowest BCUT2D eigenvalue weighted by Crippen LogP contribution is -2.32. The molecule has 2 aromatic rings. The Morgan fingerprint density at radius 3 is 2.46 bits per heavy atom. The van der Waals surface area contributed by atoms with Gasteiger partial charge in [-0.1, -0.05) is 43.7 Å². The standard InChI is InChI=1S/C20H29N5O/c1-5-6-13-25(4)18-15-17(20(26)21-12-14-24(2)3)22-19(23-18)16-10-8-7-9-11-16/h7-11,15H,5-6,12-14H2,1-4H3,(H,21,26). The van der Waals surface area contributed by atoms with E-state index >= 15 is 0 Å². The highest BCUT2D eigenvalue weighted by molar-refractivity contribution is 5.93. The van der Waals surface area contributed by atoms with E-state index in [9.17, 15) is 4.79 Å². The van der Waals surface area contributed by atoms with Crippen molar-refractivity contribution in [3.63, 3.8) is 0 Å². The maximum absolute atomic E-state index is 12.6. The highest BCUT2D eigenvalue weighted by atomic mass is 16.1. The summed E-state index contributed by atoms with van der Waals surface area (Å²) in [6.45, 7) is 4.42. The van der Waals surface area contributed by atoms with E-state index in [4.69, 9.17) is 0 Å². The van der Waals surface area contributed by atoms with E-state index in [0.29, 0.717) is 18.1 Å². The molecule has 0 atom stereocenters. The highest BCUT2D eigenvalue weighted by Gasteiger charge is 2.15. The second kappa shape index (κ2) is 9.87. The summed E-state index contributed by atoms with van der Waals surface area (Å²) in [4.78, 5) is 25.8. The second-order valence-corrected chi connectivity index (χ2v) is 6.64. The quantitative estimate of drug-likeness (QED) is 0.749. The molecule has 0 saturated carbocycles. The average molecular weight is 355 g/mol. The average Bonchev–Trinajstić information content (AvgIpc) is 2.66. The largest absolute Gasteiger partial charge is 0.360 e. The first-order valence-electron chi connectivity index (χ1n) is 9.09. The molecule has 2 rings (SSSR count). The fraction of sp³-hybridized carbons (Fsp3) is 0.450. The number of aromatic nitrogens is 2. The van der Waals surface area contributed by atoms with Crippen molar-refractivity contribution >= 4 is 11.7 Å². The van der Waals surface area contributed by atoms with Gasteiger partial charge >= 0.3 is 0 Å². The third-order valence-corrected chi connectivity index (χ3v) is 4.06. The molecule has 0 spiro atoms. The molecule has 6 nitrogen and oxygen atoms in total. The van der Waals surface area contributed by atoms with Crippen LogP contribution in [0.5, 0.6) is 0 Å². The smallest absolute Gasteiger partial charge is 0.270 e. The van der Waals surface area contributed by atoms with Gasteiger partial charge in [-0.15, -0.1) is 0 Å². The molecule has 0 aliphatic rings. The zero-order chi connectivity index (χ0) is 18.9. The van der Waals surface area contributed by atoms with Gasteiger partial charge in [0.05, 0.1) is 0 Å². The van der Waals surface area contributed by atoms with Gasteiger partial charge in [-0.25, -0.2) is 9.97 Å². The van der Waals surface area contributed by atoms with Crippen molar-refractivity contribution in [2.24, 2.45) is 0 Å². The van der Waals surface area contributed by atoms with Gasteiger partial charge in [-0.05, 0) is 20.5 Å². The van der Waals surface area contributed by atoms with Gasteiger partial charge in [0.1, 0.15) is 11.5 Å². The van der Waals surface area contributed by atoms with E-state index in [-0.39, 0.29) is 5.91 Å². The molecule has 0 fully saturated rings. The Bertz CT molecular complexity index is 703. The SMILES string of the molecule is CCCCN(C)c1cc(C(=O)NCCN(C)C)nc(-c2ccccc2)n1. The molecule has 1 aromatic carbocycles. The molecular weight excluding hydrogens is 326 g/mol. The summed E-state index contributed by atoms with van der Waals surface area (Å²) in [6.07, 6.45) is 2.18. The predicted octanol–water partition coefficient (Wildman–Crippen LogP) is 2.67. The lowest BCUT2D eigenvalue weighted by atomic mass is 10.2. The molecule has 26 heavy (non-hydrogen) atoms. The van der Waals surface area contributed by atoms with Crippen LogP contribution in [0, 0.1) is 0 Å². The number of rotatable bonds is 9. The zero-order valence-electron chi connectivity index (χ0n) is 16.2. The minimum atomic E-state index is -0.170. The van der Waals surface area contributed by atoms with E-state index in [1.807, 2.05) is 56.4 Å². The number of carbonyl (C=O) groups is 1. The number of benzene rings is 1. The number of amides is 1. The van der Waals surface area contributed by atoms with Gasteiger partial charge in [0.15, 0.2) is 5.82 Å². The first-order valence-corrected chi connectivity index (χ1v) is 9.09. The topological polar surface area (TPSA) is 61.4 Å². The van der Waals surface area contributed by atoms with Gasteiger partial charge in [0.2, 0.25) is 0 Å². The maximum atomic E-state index is 12.6. The Kier molecular flexibility index (Phi) is 7.53. The monoisotopic (exact) mass is 355 g/mol.